The lowest BCUT2D eigenvalue weighted by Crippen LogP contribution is -2.36. The van der Waals surface area contributed by atoms with Crippen molar-refractivity contribution < 1.29 is 27.8 Å². The highest BCUT2D eigenvalue weighted by Gasteiger charge is 2.38. The average molecular weight is 531 g/mol. The largest absolute Gasteiger partial charge is 0.507 e. The van der Waals surface area contributed by atoms with E-state index in [9.17, 15) is 23.2 Å². The lowest BCUT2D eigenvalue weighted by molar-refractivity contribution is -0.592. The monoisotopic (exact) mass is 530 g/mol. The molecule has 0 saturated carbocycles. The summed E-state index contributed by atoms with van der Waals surface area (Å²) in [4.78, 5) is 14.3. The van der Waals surface area contributed by atoms with Gasteiger partial charge in [0, 0.05) is 51.3 Å². The minimum Gasteiger partial charge on any atom is -0.507 e. The molecule has 1 saturated heterocycles. The number of nitroso groups, excluding NO2 is 1. The van der Waals surface area contributed by atoms with Crippen molar-refractivity contribution in [2.75, 3.05) is 37.7 Å². The van der Waals surface area contributed by atoms with E-state index in [0.717, 1.165) is 29.9 Å². The van der Waals surface area contributed by atoms with Crippen LogP contribution in [0.3, 0.4) is 0 Å². The summed E-state index contributed by atoms with van der Waals surface area (Å²) in [5.74, 6) is 0.192. The molecule has 0 radical (unpaired) electrons. The first-order valence-corrected chi connectivity index (χ1v) is 12.2. The molecule has 2 N–H and O–H groups in total. The van der Waals surface area contributed by atoms with Crippen LogP contribution in [-0.2, 0) is 11.3 Å². The molecule has 0 unspecified atom stereocenters. The van der Waals surface area contributed by atoms with Crippen LogP contribution in [0.2, 0.25) is 0 Å². The summed E-state index contributed by atoms with van der Waals surface area (Å²) in [7, 11) is 0. The Bertz CT molecular complexity index is 1460. The molecule has 0 aliphatic carbocycles. The molecule has 10 nitrogen and oxygen atoms in total. The van der Waals surface area contributed by atoms with Crippen LogP contribution < -0.4 is 4.90 Å². The zero-order valence-electron chi connectivity index (χ0n) is 20.9. The molecule has 2 aromatic heterocycles. The molecule has 1 aliphatic rings. The predicted octanol–water partition coefficient (Wildman–Crippen LogP) is 4.32. The van der Waals surface area contributed by atoms with E-state index in [2.05, 4.69) is 25.3 Å². The van der Waals surface area contributed by atoms with Gasteiger partial charge in [0.1, 0.15) is 5.75 Å². The van der Waals surface area contributed by atoms with Crippen LogP contribution in [0.25, 0.3) is 28.0 Å². The first-order chi connectivity index (χ1) is 18.1. The minimum atomic E-state index is -4.66. The third-order valence-electron chi connectivity index (χ3n) is 6.41. The van der Waals surface area contributed by atoms with Crippen LogP contribution in [-0.4, -0.2) is 73.9 Å². The van der Waals surface area contributed by atoms with E-state index in [0.29, 0.717) is 30.0 Å². The number of nitrogens with zero attached hydrogens (tertiary/aromatic N) is 6. The number of aromatic hydroxyl groups is 1. The van der Waals surface area contributed by atoms with Crippen LogP contribution in [0.4, 0.5) is 18.9 Å². The van der Waals surface area contributed by atoms with Crippen molar-refractivity contribution in [3.8, 4) is 22.8 Å². The summed E-state index contributed by atoms with van der Waals surface area (Å²) in [5.41, 5.74) is 3.23. The van der Waals surface area contributed by atoms with Gasteiger partial charge < -0.3 is 14.7 Å². The first-order valence-electron chi connectivity index (χ1n) is 12.2. The summed E-state index contributed by atoms with van der Waals surface area (Å²) < 4.78 is 45.4. The molecule has 1 aliphatic heterocycles. The number of nitrogens with one attached hydrogen (secondary N) is 1. The van der Waals surface area contributed by atoms with Gasteiger partial charge in [0.2, 0.25) is 5.82 Å². The predicted molar refractivity (Wildman–Crippen MR) is 133 cm³/mol. The fourth-order valence-electron chi connectivity index (χ4n) is 4.60. The van der Waals surface area contributed by atoms with Gasteiger partial charge in [0.25, 0.3) is 13.1 Å². The van der Waals surface area contributed by atoms with Crippen molar-refractivity contribution in [3.05, 3.63) is 52.8 Å². The fourth-order valence-corrected chi connectivity index (χ4v) is 4.60. The van der Waals surface area contributed by atoms with Crippen LogP contribution in [0.1, 0.15) is 31.3 Å². The van der Waals surface area contributed by atoms with Crippen molar-refractivity contribution in [2.24, 2.45) is 0 Å². The Hall–Kier alpha value is -4.00. The number of halogens is 3. The van der Waals surface area contributed by atoms with E-state index in [1.807, 2.05) is 26.0 Å². The molecule has 2 aromatic carbocycles. The summed E-state index contributed by atoms with van der Waals surface area (Å²) in [6.07, 6.45) is -4.66. The summed E-state index contributed by atoms with van der Waals surface area (Å²) in [6, 6.07) is 10.6. The Morgan fingerprint density at radius 1 is 1.11 bits per heavy atom. The lowest BCUT2D eigenvalue weighted by Gasteiger charge is -2.29. The topological polar surface area (TPSA) is 112 Å². The smallest absolute Gasteiger partial charge is 0.452 e. The second-order valence-corrected chi connectivity index (χ2v) is 9.48. The van der Waals surface area contributed by atoms with E-state index in [1.54, 1.807) is 18.2 Å². The summed E-state index contributed by atoms with van der Waals surface area (Å²) >= 11 is 0. The van der Waals surface area contributed by atoms with Gasteiger partial charge >= 0.3 is 6.18 Å². The molecule has 4 aromatic rings. The molecule has 1 fully saturated rings. The second kappa shape index (κ2) is 10.0. The van der Waals surface area contributed by atoms with Crippen molar-refractivity contribution in [2.45, 2.75) is 32.5 Å². The molecule has 0 atom stereocenters. The average Bonchev–Trinajstić information content (AvgIpc) is 3.46. The molecular weight excluding hydrogens is 503 g/mol. The van der Waals surface area contributed by atoms with Crippen molar-refractivity contribution in [1.29, 1.82) is 0 Å². The van der Waals surface area contributed by atoms with E-state index in [4.69, 9.17) is 4.74 Å². The van der Waals surface area contributed by atoms with E-state index in [1.165, 1.54) is 10.6 Å². The number of rotatable bonds is 7. The van der Waals surface area contributed by atoms with Crippen LogP contribution in [0, 0.1) is 4.91 Å². The molecule has 38 heavy (non-hydrogen) atoms. The van der Waals surface area contributed by atoms with Gasteiger partial charge in [-0.3, -0.25) is 9.67 Å². The zero-order valence-corrected chi connectivity index (χ0v) is 20.9. The van der Waals surface area contributed by atoms with Crippen LogP contribution in [0.5, 0.6) is 5.75 Å². The molecule has 5 rings (SSSR count). The number of fused-ring (bicyclic) bond motifs is 1. The first kappa shape index (κ1) is 25.6. The molecule has 0 amide bonds. The van der Waals surface area contributed by atoms with Crippen molar-refractivity contribution in [1.82, 2.24) is 25.0 Å². The van der Waals surface area contributed by atoms with Crippen LogP contribution in [0.15, 0.2) is 36.4 Å². The zero-order chi connectivity index (χ0) is 27.0. The third kappa shape index (κ3) is 5.19. The van der Waals surface area contributed by atoms with E-state index < -0.39 is 19.3 Å². The molecule has 13 heteroatoms. The summed E-state index contributed by atoms with van der Waals surface area (Å²) in [5, 5.41) is 27.1. The highest BCUT2D eigenvalue weighted by atomic mass is 19.4. The Balaban J connectivity index is 1.60. The number of aromatic amines is 1. The Morgan fingerprint density at radius 2 is 1.79 bits per heavy atom. The molecule has 200 valence electrons. The Kier molecular flexibility index (Phi) is 6.78. The number of benzene rings is 2. The van der Waals surface area contributed by atoms with Gasteiger partial charge in [0.15, 0.2) is 5.82 Å². The fraction of sp³-hybridized carbons (Fsp3) is 0.400. The molecular formula is C25H27F3N7O3+. The quantitative estimate of drug-likeness (QED) is 0.342. The number of phenolic OH excluding ortho intramolecular Hbond substituents is 1. The van der Waals surface area contributed by atoms with Gasteiger partial charge in [-0.2, -0.15) is 18.3 Å². The normalized spacial score (nSPS) is 14.5. The van der Waals surface area contributed by atoms with Gasteiger partial charge in [-0.1, -0.05) is 13.8 Å². The maximum Gasteiger partial charge on any atom is 0.452 e. The number of H-pyrrole nitrogens is 1. The number of ether oxygens (including phenoxy) is 1. The second-order valence-electron chi connectivity index (χ2n) is 9.48. The Labute approximate surface area is 215 Å². The standard InChI is InChI=1S/C25H26F3N7O3/c1-15(2)23-18-11-19(21(36)12-20(18)29-31-23)24-32-30-22(13-34(37)14-25(26,27)28)35(24)17-5-3-16(4-6-17)33-7-9-38-10-8-33/h3-6,11-12,15H,7-10,13-14H2,1-2H3,(H-,29,31,32,36)/p+1. The molecule has 0 bridgehead atoms. The number of phenols is 1. The molecule has 3 heterocycles. The van der Waals surface area contributed by atoms with Gasteiger partial charge in [0.05, 0.1) is 24.3 Å². The number of hydrogen-bond acceptors (Lipinski definition) is 7. The number of anilines is 1. The van der Waals surface area contributed by atoms with Crippen molar-refractivity contribution in [3.63, 3.8) is 0 Å². The SMILES string of the molecule is CC(C)c1[nH]nc2cc(O)c(-c3nnc(C[N+](=O)CC(F)(F)F)n3-c3ccc(N4CCOCC4)cc3)cc12. The Morgan fingerprint density at radius 3 is 2.45 bits per heavy atom. The highest BCUT2D eigenvalue weighted by Crippen LogP contribution is 2.36. The lowest BCUT2D eigenvalue weighted by atomic mass is 10.0. The minimum absolute atomic E-state index is 0.00847. The van der Waals surface area contributed by atoms with E-state index >= 15 is 0 Å². The van der Waals surface area contributed by atoms with Gasteiger partial charge in [-0.25, -0.2) is 0 Å². The van der Waals surface area contributed by atoms with Crippen molar-refractivity contribution >= 4 is 16.6 Å². The van der Waals surface area contributed by atoms with Crippen LogP contribution >= 0.6 is 0 Å². The number of hydrogen-bond donors (Lipinski definition) is 2. The van der Waals surface area contributed by atoms with Gasteiger partial charge in [-0.15, -0.1) is 10.2 Å². The number of aromatic nitrogens is 5. The van der Waals surface area contributed by atoms with Gasteiger partial charge in [-0.05, 0) is 36.2 Å². The number of alkyl halides is 3. The maximum atomic E-state index is 12.9. The number of morpholine rings is 1. The maximum absolute atomic E-state index is 12.9. The van der Waals surface area contributed by atoms with E-state index in [-0.39, 0.29) is 28.1 Å². The highest BCUT2D eigenvalue weighted by molar-refractivity contribution is 5.89. The third-order valence-corrected chi connectivity index (χ3v) is 6.41. The summed E-state index contributed by atoms with van der Waals surface area (Å²) in [6.45, 7) is 4.42. The molecule has 0 spiro atoms.